The first kappa shape index (κ1) is 17.4. The summed E-state index contributed by atoms with van der Waals surface area (Å²) in [5.41, 5.74) is 2.34. The minimum Gasteiger partial charge on any atom is -0.361 e. The fourth-order valence-electron chi connectivity index (χ4n) is 3.58. The van der Waals surface area contributed by atoms with Crippen LogP contribution in [0.2, 0.25) is 0 Å². The molecule has 26 heavy (non-hydrogen) atoms. The van der Waals surface area contributed by atoms with Crippen LogP contribution in [0.3, 0.4) is 0 Å². The third-order valence-corrected chi connectivity index (χ3v) is 6.89. The van der Waals surface area contributed by atoms with Gasteiger partial charge in [-0.25, -0.2) is 22.2 Å². The van der Waals surface area contributed by atoms with Crippen molar-refractivity contribution in [3.63, 3.8) is 0 Å². The summed E-state index contributed by atoms with van der Waals surface area (Å²) in [6, 6.07) is 7.47. The van der Waals surface area contributed by atoms with E-state index >= 15 is 0 Å². The van der Waals surface area contributed by atoms with Crippen molar-refractivity contribution in [1.29, 1.82) is 0 Å². The third kappa shape index (κ3) is 2.97. The van der Waals surface area contributed by atoms with Gasteiger partial charge in [0.2, 0.25) is 10.0 Å². The predicted molar refractivity (Wildman–Crippen MR) is 94.8 cm³/mol. The fourth-order valence-corrected chi connectivity index (χ4v) is 5.09. The number of nitrogens with zero attached hydrogens (tertiary/aromatic N) is 2. The highest BCUT2D eigenvalue weighted by molar-refractivity contribution is 7.89. The number of halogens is 2. The lowest BCUT2D eigenvalue weighted by Gasteiger charge is -2.16. The number of nitrogens with one attached hydrogen (secondary N) is 1. The van der Waals surface area contributed by atoms with Gasteiger partial charge in [0.05, 0.1) is 10.9 Å². The van der Waals surface area contributed by atoms with E-state index in [0.29, 0.717) is 18.9 Å². The number of pyridine rings is 1. The van der Waals surface area contributed by atoms with E-state index in [9.17, 15) is 17.2 Å². The molecule has 3 heterocycles. The normalized spacial score (nSPS) is 20.3. The molecule has 2 aliphatic heterocycles. The van der Waals surface area contributed by atoms with Crippen LogP contribution in [0.25, 0.3) is 11.1 Å². The first-order chi connectivity index (χ1) is 12.5. The zero-order valence-corrected chi connectivity index (χ0v) is 14.8. The number of anilines is 1. The van der Waals surface area contributed by atoms with Crippen molar-refractivity contribution in [2.24, 2.45) is 0 Å². The van der Waals surface area contributed by atoms with Gasteiger partial charge in [-0.3, -0.25) is 0 Å². The summed E-state index contributed by atoms with van der Waals surface area (Å²) in [6.45, 7) is 1.12. The summed E-state index contributed by atoms with van der Waals surface area (Å²) in [5, 5.41) is 2.75. The number of rotatable bonds is 4. The van der Waals surface area contributed by atoms with E-state index in [1.807, 2.05) is 0 Å². The van der Waals surface area contributed by atoms with E-state index in [2.05, 4.69) is 10.3 Å². The summed E-state index contributed by atoms with van der Waals surface area (Å²) < 4.78 is 52.7. The second kappa shape index (κ2) is 6.59. The molecule has 1 atom stereocenters. The van der Waals surface area contributed by atoms with Gasteiger partial charge in [0.15, 0.2) is 0 Å². The van der Waals surface area contributed by atoms with Gasteiger partial charge in [0, 0.05) is 31.3 Å². The molecule has 2 aromatic rings. The molecule has 1 fully saturated rings. The lowest BCUT2D eigenvalue weighted by atomic mass is 9.99. The number of hydrogen-bond donors (Lipinski definition) is 1. The van der Waals surface area contributed by atoms with Crippen LogP contribution < -0.4 is 5.32 Å². The Kier molecular flexibility index (Phi) is 4.40. The predicted octanol–water partition coefficient (Wildman–Crippen LogP) is 3.13. The maximum atomic E-state index is 13.0. The Morgan fingerprint density at radius 1 is 1.12 bits per heavy atom. The van der Waals surface area contributed by atoms with Crippen molar-refractivity contribution < 1.29 is 17.2 Å². The molecule has 4 rings (SSSR count). The van der Waals surface area contributed by atoms with Crippen molar-refractivity contribution >= 4 is 15.8 Å². The average Bonchev–Trinajstić information content (AvgIpc) is 3.31. The molecule has 1 N–H and O–H groups in total. The molecule has 0 aliphatic carbocycles. The third-order valence-electron chi connectivity index (χ3n) is 4.97. The second-order valence-corrected chi connectivity index (χ2v) is 8.55. The largest absolute Gasteiger partial charge is 0.361 e. The Labute approximate surface area is 151 Å². The number of benzene rings is 1. The first-order valence-corrected chi connectivity index (χ1v) is 10.0. The molecule has 1 aromatic heterocycles. The van der Waals surface area contributed by atoms with Crippen molar-refractivity contribution in [3.8, 4) is 11.1 Å². The van der Waals surface area contributed by atoms with Gasteiger partial charge in [-0.15, -0.1) is 0 Å². The van der Waals surface area contributed by atoms with Gasteiger partial charge in [0.25, 0.3) is 6.43 Å². The topological polar surface area (TPSA) is 62.3 Å². The van der Waals surface area contributed by atoms with Gasteiger partial charge < -0.3 is 5.32 Å². The van der Waals surface area contributed by atoms with Gasteiger partial charge >= 0.3 is 0 Å². The number of hydrogen-bond acceptors (Lipinski definition) is 4. The van der Waals surface area contributed by atoms with Gasteiger partial charge in [-0.2, -0.15) is 4.31 Å². The monoisotopic (exact) mass is 379 g/mol. The molecular formula is C18H19F2N3O2S. The highest BCUT2D eigenvalue weighted by Gasteiger charge is 2.31. The number of aromatic nitrogens is 1. The molecule has 1 unspecified atom stereocenters. The van der Waals surface area contributed by atoms with E-state index in [0.717, 1.165) is 29.5 Å². The Balaban J connectivity index is 1.64. The van der Waals surface area contributed by atoms with Gasteiger partial charge in [-0.05, 0) is 42.2 Å². The molecule has 2 aliphatic rings. The minimum atomic E-state index is -3.46. The molecule has 0 spiro atoms. The molecule has 138 valence electrons. The van der Waals surface area contributed by atoms with Crippen molar-refractivity contribution in [2.45, 2.75) is 36.6 Å². The summed E-state index contributed by atoms with van der Waals surface area (Å²) in [5.74, 6) is 0.474. The number of alkyl halides is 2. The average molecular weight is 379 g/mol. The second-order valence-electron chi connectivity index (χ2n) is 6.61. The van der Waals surface area contributed by atoms with Crippen LogP contribution in [-0.2, 0) is 16.4 Å². The summed E-state index contributed by atoms with van der Waals surface area (Å²) in [7, 11) is -3.46. The molecular weight excluding hydrogens is 360 g/mol. The Morgan fingerprint density at radius 2 is 1.81 bits per heavy atom. The van der Waals surface area contributed by atoms with E-state index in [1.54, 1.807) is 36.5 Å². The summed E-state index contributed by atoms with van der Waals surface area (Å²) in [6.07, 6.45) is 1.08. The first-order valence-electron chi connectivity index (χ1n) is 8.60. The fraction of sp³-hybridized carbons (Fsp3) is 0.389. The Bertz CT molecular complexity index is 911. The molecule has 1 saturated heterocycles. The standard InChI is InChI=1S/C18H19F2N3O2S/c19-17(20)16-11-15-14(7-8-21-18(15)22-16)12-3-5-13(6-4-12)26(24,25)23-9-1-2-10-23/h3-8,16-17H,1-2,9-11H2,(H,21,22). The van der Waals surface area contributed by atoms with Crippen molar-refractivity contribution in [3.05, 3.63) is 42.1 Å². The van der Waals surface area contributed by atoms with Crippen LogP contribution in [0.15, 0.2) is 41.4 Å². The number of sulfonamides is 1. The van der Waals surface area contributed by atoms with Gasteiger partial charge in [-0.1, -0.05) is 12.1 Å². The molecule has 8 heteroatoms. The van der Waals surface area contributed by atoms with Crippen LogP contribution in [-0.4, -0.2) is 43.3 Å². The highest BCUT2D eigenvalue weighted by atomic mass is 32.2. The lowest BCUT2D eigenvalue weighted by molar-refractivity contribution is 0.126. The van der Waals surface area contributed by atoms with Crippen LogP contribution in [0.4, 0.5) is 14.6 Å². The maximum absolute atomic E-state index is 13.0. The van der Waals surface area contributed by atoms with Crippen LogP contribution in [0.5, 0.6) is 0 Å². The quantitative estimate of drug-likeness (QED) is 0.887. The molecule has 5 nitrogen and oxygen atoms in total. The molecule has 0 amide bonds. The van der Waals surface area contributed by atoms with Crippen LogP contribution >= 0.6 is 0 Å². The zero-order valence-electron chi connectivity index (χ0n) is 14.0. The molecule has 1 aromatic carbocycles. The molecule has 0 bridgehead atoms. The smallest absolute Gasteiger partial charge is 0.258 e. The van der Waals surface area contributed by atoms with Crippen LogP contribution in [0, 0.1) is 0 Å². The molecule has 0 radical (unpaired) electrons. The van der Waals surface area contributed by atoms with E-state index in [1.165, 1.54) is 4.31 Å². The van der Waals surface area contributed by atoms with E-state index < -0.39 is 22.5 Å². The van der Waals surface area contributed by atoms with Gasteiger partial charge in [0.1, 0.15) is 5.82 Å². The summed E-state index contributed by atoms with van der Waals surface area (Å²) in [4.78, 5) is 4.40. The maximum Gasteiger partial charge on any atom is 0.258 e. The molecule has 0 saturated carbocycles. The lowest BCUT2D eigenvalue weighted by Crippen LogP contribution is -2.27. The van der Waals surface area contributed by atoms with E-state index in [-0.39, 0.29) is 11.3 Å². The van der Waals surface area contributed by atoms with Crippen molar-refractivity contribution in [2.75, 3.05) is 18.4 Å². The SMILES string of the molecule is O=S(=O)(c1ccc(-c2ccnc3c2CC(C(F)F)N3)cc1)N1CCCC1. The zero-order chi connectivity index (χ0) is 18.3. The van der Waals surface area contributed by atoms with Crippen LogP contribution in [0.1, 0.15) is 18.4 Å². The Morgan fingerprint density at radius 3 is 2.46 bits per heavy atom. The minimum absolute atomic E-state index is 0.198. The Hall–Kier alpha value is -2.06. The van der Waals surface area contributed by atoms with E-state index in [4.69, 9.17) is 0 Å². The van der Waals surface area contributed by atoms with Crippen molar-refractivity contribution in [1.82, 2.24) is 9.29 Å². The highest BCUT2D eigenvalue weighted by Crippen LogP contribution is 2.35. The number of fused-ring (bicyclic) bond motifs is 1. The summed E-state index contributed by atoms with van der Waals surface area (Å²) >= 11 is 0.